The third kappa shape index (κ3) is 251. The van der Waals surface area contributed by atoms with Gasteiger partial charge in [0.25, 0.3) is 0 Å². The van der Waals surface area contributed by atoms with E-state index in [9.17, 15) is 0 Å². The number of allylic oxidation sites excluding steroid dienone is 4. The zero-order valence-corrected chi connectivity index (χ0v) is 12.3. The Kier molecular flexibility index (Phi) is 74.5. The summed E-state index contributed by atoms with van der Waals surface area (Å²) in [6.45, 7) is 15.3. The van der Waals surface area contributed by atoms with Gasteiger partial charge in [0.2, 0.25) is 0 Å². The first-order chi connectivity index (χ1) is 7.66. The zero-order valence-electron chi connectivity index (χ0n) is 12.3. The van der Waals surface area contributed by atoms with E-state index < -0.39 is 0 Å². The molecule has 0 N–H and O–H groups in total. The normalized spacial score (nSPS) is 6.50. The van der Waals surface area contributed by atoms with Crippen molar-refractivity contribution in [3.8, 4) is 23.7 Å². The smallest absolute Gasteiger partial charge is 0.00271 e. The molecule has 0 amide bonds. The van der Waals surface area contributed by atoms with Gasteiger partial charge in [0.05, 0.1) is 0 Å². The fraction of sp³-hybridized carbons (Fsp3) is 0.500. The highest BCUT2D eigenvalue weighted by molar-refractivity contribution is 4.89. The van der Waals surface area contributed by atoms with Crippen molar-refractivity contribution >= 4 is 0 Å². The van der Waals surface area contributed by atoms with Gasteiger partial charge >= 0.3 is 0 Å². The van der Waals surface area contributed by atoms with Crippen molar-refractivity contribution in [2.45, 2.75) is 55.4 Å². The van der Waals surface area contributed by atoms with Gasteiger partial charge in [0, 0.05) is 0 Å². The van der Waals surface area contributed by atoms with E-state index in [2.05, 4.69) is 23.7 Å². The largest absolute Gasteiger partial charge is 0.107 e. The van der Waals surface area contributed by atoms with Crippen LogP contribution in [-0.2, 0) is 0 Å². The molecule has 0 spiro atoms. The molecule has 0 rings (SSSR count). The Morgan fingerprint density at radius 1 is 0.438 bits per heavy atom. The summed E-state index contributed by atoms with van der Waals surface area (Å²) >= 11 is 0. The number of rotatable bonds is 0. The lowest BCUT2D eigenvalue weighted by molar-refractivity contribution is 1.64. The molecule has 0 radical (unpaired) electrons. The molecular weight excluding hydrogens is 192 g/mol. The molecule has 0 nitrogen and oxygen atoms in total. The van der Waals surface area contributed by atoms with Crippen LogP contribution >= 0.6 is 0 Å². The van der Waals surface area contributed by atoms with Gasteiger partial charge in [-0.3, -0.25) is 0 Å². The highest BCUT2D eigenvalue weighted by atomic mass is 13.4. The maximum Gasteiger partial charge on any atom is -0.00271 e. The third-order valence-electron chi connectivity index (χ3n) is 1.17. The molecule has 92 valence electrons. The summed E-state index contributed by atoms with van der Waals surface area (Å²) in [5.74, 6) is 10.7. The Morgan fingerprint density at radius 3 is 0.562 bits per heavy atom. The first-order valence-corrected chi connectivity index (χ1v) is 5.48. The molecule has 0 saturated heterocycles. The maximum atomic E-state index is 2.68. The van der Waals surface area contributed by atoms with Gasteiger partial charge in [0.15, 0.2) is 0 Å². The molecule has 0 aromatic heterocycles. The first-order valence-electron chi connectivity index (χ1n) is 5.48. The van der Waals surface area contributed by atoms with Gasteiger partial charge in [-0.2, -0.15) is 0 Å². The summed E-state index contributed by atoms with van der Waals surface area (Å²) in [4.78, 5) is 0. The first kappa shape index (κ1) is 24.0. The standard InChI is InChI=1S/2C4H8.2C4H6/c4*1-3-4-2/h2*3-4H,1-2H3;2*1-2H3/b2*4-3+;;. The summed E-state index contributed by atoms with van der Waals surface area (Å²) in [5, 5.41) is 0. The average molecular weight is 220 g/mol. The van der Waals surface area contributed by atoms with Crippen LogP contribution in [0.4, 0.5) is 0 Å². The van der Waals surface area contributed by atoms with Crippen LogP contribution in [-0.4, -0.2) is 0 Å². The summed E-state index contributed by atoms with van der Waals surface area (Å²) in [5.41, 5.74) is 0. The predicted molar refractivity (Wildman–Crippen MR) is 79.2 cm³/mol. The minimum absolute atomic E-state index is 1.82. The van der Waals surface area contributed by atoms with Crippen molar-refractivity contribution in [2.75, 3.05) is 0 Å². The molecular formula is C16H28. The van der Waals surface area contributed by atoms with Crippen molar-refractivity contribution < 1.29 is 0 Å². The van der Waals surface area contributed by atoms with E-state index in [4.69, 9.17) is 0 Å². The minimum atomic E-state index is 1.82. The van der Waals surface area contributed by atoms with Crippen LogP contribution < -0.4 is 0 Å². The SMILES string of the molecule is C/C=C/C.C/C=C/C.CC#CC.CC#CC. The third-order valence-corrected chi connectivity index (χ3v) is 1.17. The van der Waals surface area contributed by atoms with E-state index in [1.165, 1.54) is 0 Å². The molecule has 0 heteroatoms. The second-order valence-corrected chi connectivity index (χ2v) is 2.33. The van der Waals surface area contributed by atoms with Crippen LogP contribution in [0.15, 0.2) is 24.3 Å². The van der Waals surface area contributed by atoms with Crippen LogP contribution in [0, 0.1) is 23.7 Å². The Hall–Kier alpha value is -1.40. The number of hydrogen-bond donors (Lipinski definition) is 0. The summed E-state index contributed by atoms with van der Waals surface area (Å²) in [7, 11) is 0. The van der Waals surface area contributed by atoms with Gasteiger partial charge in [-0.05, 0) is 55.4 Å². The van der Waals surface area contributed by atoms with E-state index in [-0.39, 0.29) is 0 Å². The Bertz CT molecular complexity index is 185. The van der Waals surface area contributed by atoms with E-state index in [0.29, 0.717) is 0 Å². The molecule has 0 aromatic rings. The summed E-state index contributed by atoms with van der Waals surface area (Å²) in [6, 6.07) is 0. The van der Waals surface area contributed by atoms with Gasteiger partial charge in [-0.25, -0.2) is 0 Å². The Labute approximate surface area is 104 Å². The highest BCUT2D eigenvalue weighted by Crippen LogP contribution is 1.57. The van der Waals surface area contributed by atoms with Crippen LogP contribution in [0.2, 0.25) is 0 Å². The van der Waals surface area contributed by atoms with Crippen molar-refractivity contribution in [2.24, 2.45) is 0 Å². The fourth-order valence-corrected chi connectivity index (χ4v) is 0. The Balaban J connectivity index is -0.0000000600. The maximum absolute atomic E-state index is 2.68. The fourth-order valence-electron chi connectivity index (χ4n) is 0. The topological polar surface area (TPSA) is 0 Å². The molecule has 0 heterocycles. The molecule has 0 saturated carbocycles. The van der Waals surface area contributed by atoms with Crippen molar-refractivity contribution in [1.29, 1.82) is 0 Å². The molecule has 0 aromatic carbocycles. The lowest BCUT2D eigenvalue weighted by atomic mass is 10.6. The van der Waals surface area contributed by atoms with E-state index in [1.54, 1.807) is 0 Å². The zero-order chi connectivity index (χ0) is 13.7. The molecule has 0 aliphatic heterocycles. The van der Waals surface area contributed by atoms with Gasteiger partial charge in [0.1, 0.15) is 0 Å². The van der Waals surface area contributed by atoms with Crippen molar-refractivity contribution in [3.63, 3.8) is 0 Å². The van der Waals surface area contributed by atoms with Crippen LogP contribution in [0.3, 0.4) is 0 Å². The molecule has 0 atom stereocenters. The monoisotopic (exact) mass is 220 g/mol. The predicted octanol–water partition coefficient (Wildman–Crippen LogP) is 5.22. The molecule has 0 bridgehead atoms. The lowest BCUT2D eigenvalue weighted by Crippen LogP contribution is -1.28. The van der Waals surface area contributed by atoms with Crippen LogP contribution in [0.1, 0.15) is 55.4 Å². The average Bonchev–Trinajstić information content (AvgIpc) is 2.39. The molecule has 0 fully saturated rings. The highest BCUT2D eigenvalue weighted by Gasteiger charge is 1.34. The second kappa shape index (κ2) is 49.6. The van der Waals surface area contributed by atoms with E-state index >= 15 is 0 Å². The molecule has 0 unspecified atom stereocenters. The summed E-state index contributed by atoms with van der Waals surface area (Å²) in [6.07, 6.45) is 8.00. The Morgan fingerprint density at radius 2 is 0.562 bits per heavy atom. The van der Waals surface area contributed by atoms with Crippen LogP contribution in [0.25, 0.3) is 0 Å². The summed E-state index contributed by atoms with van der Waals surface area (Å²) < 4.78 is 0. The minimum Gasteiger partial charge on any atom is -0.107 e. The second-order valence-electron chi connectivity index (χ2n) is 2.33. The van der Waals surface area contributed by atoms with Gasteiger partial charge in [-0.15, -0.1) is 23.7 Å². The van der Waals surface area contributed by atoms with E-state index in [1.807, 2.05) is 79.7 Å². The lowest BCUT2D eigenvalue weighted by Gasteiger charge is -1.49. The molecule has 16 heavy (non-hydrogen) atoms. The quantitative estimate of drug-likeness (QED) is 0.387. The van der Waals surface area contributed by atoms with Crippen molar-refractivity contribution in [3.05, 3.63) is 24.3 Å². The van der Waals surface area contributed by atoms with Gasteiger partial charge in [-0.1, -0.05) is 24.3 Å². The van der Waals surface area contributed by atoms with E-state index in [0.717, 1.165) is 0 Å². The van der Waals surface area contributed by atoms with Crippen LogP contribution in [0.5, 0.6) is 0 Å². The molecule has 0 aliphatic carbocycles. The molecule has 0 aliphatic rings. The van der Waals surface area contributed by atoms with Gasteiger partial charge < -0.3 is 0 Å². The number of hydrogen-bond acceptors (Lipinski definition) is 0. The van der Waals surface area contributed by atoms with Crippen molar-refractivity contribution in [1.82, 2.24) is 0 Å².